The molecule has 1 aliphatic rings. The number of fused-ring (bicyclic) bond motifs is 1. The maximum absolute atomic E-state index is 12.6. The van der Waals surface area contributed by atoms with Crippen LogP contribution >= 0.6 is 23.2 Å². The summed E-state index contributed by atoms with van der Waals surface area (Å²) in [4.78, 5) is 24.1. The highest BCUT2D eigenvalue weighted by Gasteiger charge is 2.29. The highest BCUT2D eigenvalue weighted by molar-refractivity contribution is 6.32. The van der Waals surface area contributed by atoms with Gasteiger partial charge in [0.2, 0.25) is 0 Å². The maximum atomic E-state index is 12.6. The van der Waals surface area contributed by atoms with Gasteiger partial charge in [-0.2, -0.15) is 0 Å². The van der Waals surface area contributed by atoms with Gasteiger partial charge in [-0.1, -0.05) is 35.3 Å². The number of aliphatic hydroxyl groups excluding tert-OH is 1. The molecule has 9 heteroatoms. The predicted molar refractivity (Wildman–Crippen MR) is 132 cm³/mol. The van der Waals surface area contributed by atoms with E-state index >= 15 is 0 Å². The summed E-state index contributed by atoms with van der Waals surface area (Å²) in [6.07, 6.45) is -0.523. The van der Waals surface area contributed by atoms with Crippen molar-refractivity contribution in [1.82, 2.24) is 5.32 Å². The van der Waals surface area contributed by atoms with Gasteiger partial charge in [0.25, 0.3) is 5.91 Å². The number of hydrogen-bond donors (Lipinski definition) is 3. The van der Waals surface area contributed by atoms with Crippen molar-refractivity contribution in [2.24, 2.45) is 0 Å². The average molecular weight is 516 g/mol. The van der Waals surface area contributed by atoms with E-state index in [1.54, 1.807) is 67.6 Å². The first-order chi connectivity index (χ1) is 16.7. The summed E-state index contributed by atoms with van der Waals surface area (Å²) in [6.45, 7) is 2.00. The van der Waals surface area contributed by atoms with Gasteiger partial charge >= 0.3 is 5.97 Å². The Hall–Kier alpha value is -3.26. The number of rotatable bonds is 7. The average Bonchev–Trinajstić information content (AvgIpc) is 2.84. The number of benzene rings is 3. The molecule has 1 amide bonds. The monoisotopic (exact) mass is 515 g/mol. The fraction of sp³-hybridized carbons (Fsp3) is 0.231. The number of aliphatic hydroxyl groups is 1. The van der Waals surface area contributed by atoms with Crippen LogP contribution < -0.4 is 14.8 Å². The first-order valence-corrected chi connectivity index (χ1v) is 11.7. The SMILES string of the molecule is CC(NC(=O)c1ccc(Oc2cc3c(cc2Cl)C(C(=O)O)CCO3)cc1)C(O)c1ccc(Cl)cc1. The molecule has 35 heavy (non-hydrogen) atoms. The quantitative estimate of drug-likeness (QED) is 0.378. The zero-order chi connectivity index (χ0) is 25.1. The molecule has 0 radical (unpaired) electrons. The standard InChI is InChI=1S/C26H23Cl2NO6/c1-14(24(30)15-2-6-17(27)7-3-15)29-25(31)16-4-8-18(9-5-16)35-23-13-22-20(12-21(23)28)19(26(32)33)10-11-34-22/h2-9,12-14,19,24,30H,10-11H2,1H3,(H,29,31)(H,32,33). The van der Waals surface area contributed by atoms with E-state index in [0.717, 1.165) is 0 Å². The molecule has 0 aliphatic carbocycles. The lowest BCUT2D eigenvalue weighted by atomic mass is 9.93. The summed E-state index contributed by atoms with van der Waals surface area (Å²) >= 11 is 12.2. The second-order valence-corrected chi connectivity index (χ2v) is 9.08. The van der Waals surface area contributed by atoms with Crippen LogP contribution in [0.1, 0.15) is 46.9 Å². The summed E-state index contributed by atoms with van der Waals surface area (Å²) in [6, 6.07) is 15.8. The summed E-state index contributed by atoms with van der Waals surface area (Å²) in [7, 11) is 0. The third-order valence-electron chi connectivity index (χ3n) is 5.79. The van der Waals surface area contributed by atoms with Crippen molar-refractivity contribution >= 4 is 35.1 Å². The Bertz CT molecular complexity index is 1230. The van der Waals surface area contributed by atoms with Gasteiger partial charge in [-0.25, -0.2) is 0 Å². The van der Waals surface area contributed by atoms with Crippen molar-refractivity contribution in [3.05, 3.63) is 87.4 Å². The van der Waals surface area contributed by atoms with Gasteiger partial charge in [0, 0.05) is 22.2 Å². The maximum Gasteiger partial charge on any atom is 0.311 e. The Labute approximate surface area is 212 Å². The lowest BCUT2D eigenvalue weighted by Gasteiger charge is -2.24. The molecule has 3 N–H and O–H groups in total. The number of carboxylic acids is 1. The van der Waals surface area contributed by atoms with Crippen LogP contribution in [0.5, 0.6) is 17.2 Å². The van der Waals surface area contributed by atoms with Gasteiger partial charge < -0.3 is 25.0 Å². The van der Waals surface area contributed by atoms with E-state index in [1.807, 2.05) is 0 Å². The van der Waals surface area contributed by atoms with E-state index < -0.39 is 24.0 Å². The minimum atomic E-state index is -0.928. The predicted octanol–water partition coefficient (Wildman–Crippen LogP) is 5.59. The van der Waals surface area contributed by atoms with Crippen LogP contribution in [0.3, 0.4) is 0 Å². The number of ether oxygens (including phenoxy) is 2. The van der Waals surface area contributed by atoms with E-state index in [4.69, 9.17) is 32.7 Å². The Morgan fingerprint density at radius 2 is 1.77 bits per heavy atom. The molecule has 3 atom stereocenters. The zero-order valence-corrected chi connectivity index (χ0v) is 20.2. The number of aliphatic carboxylic acids is 1. The van der Waals surface area contributed by atoms with Crippen molar-refractivity contribution in [2.75, 3.05) is 6.61 Å². The molecule has 1 heterocycles. The first kappa shape index (κ1) is 24.9. The Morgan fingerprint density at radius 3 is 2.43 bits per heavy atom. The second-order valence-electron chi connectivity index (χ2n) is 8.23. The molecular weight excluding hydrogens is 493 g/mol. The Morgan fingerprint density at radius 1 is 1.09 bits per heavy atom. The van der Waals surface area contributed by atoms with Crippen LogP contribution in [0.15, 0.2) is 60.7 Å². The fourth-order valence-corrected chi connectivity index (χ4v) is 4.18. The molecule has 0 bridgehead atoms. The van der Waals surface area contributed by atoms with Crippen LogP contribution in [-0.4, -0.2) is 34.7 Å². The third kappa shape index (κ3) is 5.70. The molecule has 7 nitrogen and oxygen atoms in total. The minimum absolute atomic E-state index is 0.257. The van der Waals surface area contributed by atoms with Crippen LogP contribution in [0.4, 0.5) is 0 Å². The lowest BCUT2D eigenvalue weighted by molar-refractivity contribution is -0.139. The highest BCUT2D eigenvalue weighted by atomic mass is 35.5. The lowest BCUT2D eigenvalue weighted by Crippen LogP contribution is -2.37. The number of carbonyl (C=O) groups excluding carboxylic acids is 1. The number of amides is 1. The summed E-state index contributed by atoms with van der Waals surface area (Å²) in [5.74, 6) is -0.785. The normalized spacial score (nSPS) is 16.4. The number of nitrogens with one attached hydrogen (secondary N) is 1. The molecule has 182 valence electrons. The van der Waals surface area contributed by atoms with Gasteiger partial charge in [-0.15, -0.1) is 0 Å². The molecule has 1 aliphatic heterocycles. The fourth-order valence-electron chi connectivity index (χ4n) is 3.84. The first-order valence-electron chi connectivity index (χ1n) is 10.9. The van der Waals surface area contributed by atoms with Gasteiger partial charge in [0.15, 0.2) is 0 Å². The van der Waals surface area contributed by atoms with Crippen molar-refractivity contribution in [1.29, 1.82) is 0 Å². The molecular formula is C26H23Cl2NO6. The molecule has 0 saturated heterocycles. The smallest absolute Gasteiger partial charge is 0.311 e. The molecule has 3 aromatic carbocycles. The minimum Gasteiger partial charge on any atom is -0.493 e. The number of halogens is 2. The Balaban J connectivity index is 1.42. The third-order valence-corrected chi connectivity index (χ3v) is 6.34. The number of hydrogen-bond acceptors (Lipinski definition) is 5. The van der Waals surface area contributed by atoms with Crippen LogP contribution in [0, 0.1) is 0 Å². The zero-order valence-electron chi connectivity index (χ0n) is 18.7. The van der Waals surface area contributed by atoms with Gasteiger partial charge in [-0.3, -0.25) is 9.59 Å². The summed E-state index contributed by atoms with van der Waals surface area (Å²) < 4.78 is 11.5. The van der Waals surface area contributed by atoms with Crippen molar-refractivity contribution in [3.8, 4) is 17.2 Å². The second kappa shape index (κ2) is 10.6. The van der Waals surface area contributed by atoms with E-state index in [-0.39, 0.29) is 10.9 Å². The van der Waals surface area contributed by atoms with Crippen LogP contribution in [-0.2, 0) is 4.79 Å². The molecule has 3 aromatic rings. The van der Waals surface area contributed by atoms with E-state index in [2.05, 4.69) is 5.32 Å². The molecule has 0 saturated carbocycles. The van der Waals surface area contributed by atoms with Crippen LogP contribution in [0.25, 0.3) is 0 Å². The van der Waals surface area contributed by atoms with Gasteiger partial charge in [0.05, 0.1) is 29.7 Å². The van der Waals surface area contributed by atoms with E-state index in [0.29, 0.717) is 52.0 Å². The van der Waals surface area contributed by atoms with Crippen LogP contribution in [0.2, 0.25) is 10.0 Å². The van der Waals surface area contributed by atoms with Gasteiger partial charge in [-0.05, 0) is 61.4 Å². The number of carbonyl (C=O) groups is 2. The Kier molecular flexibility index (Phi) is 7.50. The molecule has 4 rings (SSSR count). The summed E-state index contributed by atoms with van der Waals surface area (Å²) in [5.41, 5.74) is 1.55. The highest BCUT2D eigenvalue weighted by Crippen LogP contribution is 2.41. The van der Waals surface area contributed by atoms with E-state index in [1.165, 1.54) is 0 Å². The summed E-state index contributed by atoms with van der Waals surface area (Å²) in [5, 5.41) is 23.5. The molecule has 3 unspecified atom stereocenters. The largest absolute Gasteiger partial charge is 0.493 e. The van der Waals surface area contributed by atoms with Crippen molar-refractivity contribution < 1.29 is 29.3 Å². The molecule has 0 spiro atoms. The van der Waals surface area contributed by atoms with Gasteiger partial charge in [0.1, 0.15) is 17.2 Å². The van der Waals surface area contributed by atoms with Crippen molar-refractivity contribution in [3.63, 3.8) is 0 Å². The number of carboxylic acid groups (broad SMARTS) is 1. The molecule has 0 fully saturated rings. The van der Waals surface area contributed by atoms with Crippen molar-refractivity contribution in [2.45, 2.75) is 31.4 Å². The van der Waals surface area contributed by atoms with E-state index in [9.17, 15) is 19.8 Å². The molecule has 0 aromatic heterocycles. The topological polar surface area (TPSA) is 105 Å².